The number of aryl methyl sites for hydroxylation is 1. The van der Waals surface area contributed by atoms with Crippen LogP contribution in [0.15, 0.2) is 0 Å². The van der Waals surface area contributed by atoms with Crippen molar-refractivity contribution in [2.75, 3.05) is 37.7 Å². The fourth-order valence-electron chi connectivity index (χ4n) is 4.03. The number of amides is 1. The van der Waals surface area contributed by atoms with E-state index in [0.29, 0.717) is 57.9 Å². The van der Waals surface area contributed by atoms with Crippen molar-refractivity contribution in [3.63, 3.8) is 0 Å². The van der Waals surface area contributed by atoms with Crippen LogP contribution >= 0.6 is 0 Å². The lowest BCUT2D eigenvalue weighted by Gasteiger charge is -2.36. The highest BCUT2D eigenvalue weighted by Gasteiger charge is 2.31. The van der Waals surface area contributed by atoms with E-state index in [2.05, 4.69) is 14.9 Å². The van der Waals surface area contributed by atoms with Gasteiger partial charge in [-0.2, -0.15) is 0 Å². The van der Waals surface area contributed by atoms with E-state index in [1.54, 1.807) is 11.8 Å². The van der Waals surface area contributed by atoms with Gasteiger partial charge in [-0.15, -0.1) is 0 Å². The molecular formula is C21H30N4O5. The summed E-state index contributed by atoms with van der Waals surface area (Å²) < 4.78 is 10.1. The molecule has 9 nitrogen and oxygen atoms in total. The number of piperidine rings is 1. The molecule has 0 N–H and O–H groups in total. The van der Waals surface area contributed by atoms with Gasteiger partial charge in [-0.25, -0.2) is 9.97 Å². The van der Waals surface area contributed by atoms with Crippen molar-refractivity contribution in [3.05, 3.63) is 17.1 Å². The molecule has 0 aromatic carbocycles. The molecule has 1 aromatic rings. The lowest BCUT2D eigenvalue weighted by atomic mass is 9.96. The Balaban J connectivity index is 1.73. The maximum atomic E-state index is 12.5. The Bertz CT molecular complexity index is 805. The molecule has 0 spiro atoms. The molecule has 3 heterocycles. The minimum atomic E-state index is -0.505. The van der Waals surface area contributed by atoms with Crippen molar-refractivity contribution >= 4 is 23.7 Å². The molecule has 0 unspecified atom stereocenters. The van der Waals surface area contributed by atoms with E-state index in [4.69, 9.17) is 9.47 Å². The van der Waals surface area contributed by atoms with Gasteiger partial charge in [0.05, 0.1) is 31.4 Å². The second-order valence-electron chi connectivity index (χ2n) is 7.58. The number of fused-ring (bicyclic) bond motifs is 1. The monoisotopic (exact) mass is 418 g/mol. The lowest BCUT2D eigenvalue weighted by Crippen LogP contribution is -2.41. The molecule has 2 aliphatic rings. The quantitative estimate of drug-likeness (QED) is 0.505. The Hall–Kier alpha value is -2.71. The summed E-state index contributed by atoms with van der Waals surface area (Å²) in [6, 6.07) is 0. The number of hydrogen-bond donors (Lipinski definition) is 0. The fourth-order valence-corrected chi connectivity index (χ4v) is 4.03. The summed E-state index contributed by atoms with van der Waals surface area (Å²) in [7, 11) is 0. The molecule has 1 saturated heterocycles. The van der Waals surface area contributed by atoms with Crippen LogP contribution in [0.3, 0.4) is 0 Å². The van der Waals surface area contributed by atoms with Crippen molar-refractivity contribution in [2.45, 2.75) is 53.0 Å². The van der Waals surface area contributed by atoms with Crippen LogP contribution in [0.1, 0.15) is 50.2 Å². The topological polar surface area (TPSA) is 102 Å². The van der Waals surface area contributed by atoms with Crippen LogP contribution < -0.4 is 4.90 Å². The van der Waals surface area contributed by atoms with Gasteiger partial charge < -0.3 is 19.3 Å². The molecule has 2 aliphatic heterocycles. The zero-order chi connectivity index (χ0) is 21.7. The van der Waals surface area contributed by atoms with Crippen molar-refractivity contribution in [1.29, 1.82) is 0 Å². The lowest BCUT2D eigenvalue weighted by molar-refractivity contribution is -0.150. The smallest absolute Gasteiger partial charge is 0.315 e. The Kier molecular flexibility index (Phi) is 7.23. The van der Waals surface area contributed by atoms with Crippen molar-refractivity contribution in [1.82, 2.24) is 14.9 Å². The SMILES string of the molecule is CCOC(=O)CC(=O)N1CCc2nc(C)nc(N3CCC(C(=O)OCC)CC3)c2C1. The normalized spacial score (nSPS) is 16.8. The molecule has 0 saturated carbocycles. The van der Waals surface area contributed by atoms with E-state index in [0.717, 1.165) is 17.1 Å². The van der Waals surface area contributed by atoms with Gasteiger partial charge in [0.1, 0.15) is 18.1 Å². The number of hydrogen-bond acceptors (Lipinski definition) is 8. The third kappa shape index (κ3) is 5.06. The minimum absolute atomic E-state index is 0.0809. The molecule has 164 valence electrons. The molecule has 0 bridgehead atoms. The van der Waals surface area contributed by atoms with E-state index in [1.165, 1.54) is 0 Å². The first-order valence-corrected chi connectivity index (χ1v) is 10.6. The van der Waals surface area contributed by atoms with E-state index >= 15 is 0 Å². The van der Waals surface area contributed by atoms with Crippen molar-refractivity contribution in [3.8, 4) is 0 Å². The van der Waals surface area contributed by atoms with Crippen LogP contribution in [-0.2, 0) is 36.8 Å². The minimum Gasteiger partial charge on any atom is -0.466 e. The van der Waals surface area contributed by atoms with Gasteiger partial charge in [0, 0.05) is 31.6 Å². The summed E-state index contributed by atoms with van der Waals surface area (Å²) in [6.07, 6.45) is 1.79. The highest BCUT2D eigenvalue weighted by Crippen LogP contribution is 2.30. The van der Waals surface area contributed by atoms with E-state index in [-0.39, 0.29) is 30.8 Å². The van der Waals surface area contributed by atoms with Crippen LogP contribution in [0.2, 0.25) is 0 Å². The van der Waals surface area contributed by atoms with Crippen LogP contribution in [-0.4, -0.2) is 65.6 Å². The molecule has 0 atom stereocenters. The molecule has 9 heteroatoms. The third-order valence-electron chi connectivity index (χ3n) is 5.52. The van der Waals surface area contributed by atoms with E-state index < -0.39 is 5.97 Å². The second kappa shape index (κ2) is 9.86. The first kappa shape index (κ1) is 22.0. The molecule has 30 heavy (non-hydrogen) atoms. The molecule has 0 radical (unpaired) electrons. The summed E-state index contributed by atoms with van der Waals surface area (Å²) in [5.41, 5.74) is 1.88. The fraction of sp³-hybridized carbons (Fsp3) is 0.667. The van der Waals surface area contributed by atoms with Gasteiger partial charge in [-0.05, 0) is 33.6 Å². The summed E-state index contributed by atoms with van der Waals surface area (Å²) in [5.74, 6) is 0.564. The maximum Gasteiger partial charge on any atom is 0.315 e. The van der Waals surface area contributed by atoms with Crippen LogP contribution in [0, 0.1) is 12.8 Å². The summed E-state index contributed by atoms with van der Waals surface area (Å²) in [4.78, 5) is 49.4. The van der Waals surface area contributed by atoms with E-state index in [9.17, 15) is 14.4 Å². The third-order valence-corrected chi connectivity index (χ3v) is 5.52. The van der Waals surface area contributed by atoms with Crippen LogP contribution in [0.25, 0.3) is 0 Å². The number of anilines is 1. The number of aromatic nitrogens is 2. The Labute approximate surface area is 176 Å². The Morgan fingerprint density at radius 1 is 1.03 bits per heavy atom. The zero-order valence-electron chi connectivity index (χ0n) is 18.0. The molecule has 1 aromatic heterocycles. The van der Waals surface area contributed by atoms with Gasteiger partial charge in [-0.1, -0.05) is 0 Å². The van der Waals surface area contributed by atoms with Crippen molar-refractivity contribution < 1.29 is 23.9 Å². The number of nitrogens with zero attached hydrogens (tertiary/aromatic N) is 4. The van der Waals surface area contributed by atoms with Gasteiger partial charge >= 0.3 is 11.9 Å². The number of carbonyl (C=O) groups excluding carboxylic acids is 3. The molecule has 1 fully saturated rings. The predicted octanol–water partition coefficient (Wildman–Crippen LogP) is 1.40. The number of ether oxygens (including phenoxy) is 2. The van der Waals surface area contributed by atoms with Gasteiger partial charge in [0.25, 0.3) is 0 Å². The van der Waals surface area contributed by atoms with Gasteiger partial charge in [-0.3, -0.25) is 14.4 Å². The zero-order valence-corrected chi connectivity index (χ0v) is 18.0. The number of rotatable bonds is 6. The summed E-state index contributed by atoms with van der Waals surface area (Å²) >= 11 is 0. The Morgan fingerprint density at radius 2 is 1.73 bits per heavy atom. The number of esters is 2. The Morgan fingerprint density at radius 3 is 2.40 bits per heavy atom. The molecule has 3 rings (SSSR count). The van der Waals surface area contributed by atoms with Crippen molar-refractivity contribution in [2.24, 2.45) is 5.92 Å². The first-order valence-electron chi connectivity index (χ1n) is 10.6. The number of carbonyl (C=O) groups is 3. The largest absolute Gasteiger partial charge is 0.466 e. The predicted molar refractivity (Wildman–Crippen MR) is 109 cm³/mol. The molecular weight excluding hydrogens is 388 g/mol. The second-order valence-corrected chi connectivity index (χ2v) is 7.58. The molecule has 1 amide bonds. The summed E-state index contributed by atoms with van der Waals surface area (Å²) in [5, 5.41) is 0. The molecule has 0 aliphatic carbocycles. The van der Waals surface area contributed by atoms with Crippen LogP contribution in [0.4, 0.5) is 5.82 Å². The maximum absolute atomic E-state index is 12.5. The van der Waals surface area contributed by atoms with Gasteiger partial charge in [0.15, 0.2) is 0 Å². The highest BCUT2D eigenvalue weighted by atomic mass is 16.5. The highest BCUT2D eigenvalue weighted by molar-refractivity contribution is 5.94. The average molecular weight is 418 g/mol. The standard InChI is InChI=1S/C21H30N4O5/c1-4-29-19(27)12-18(26)25-11-8-17-16(13-25)20(23-14(3)22-17)24-9-6-15(7-10-24)21(28)30-5-2/h15H,4-13H2,1-3H3. The van der Waals surface area contributed by atoms with Gasteiger partial charge in [0.2, 0.25) is 5.91 Å². The van der Waals surface area contributed by atoms with E-state index in [1.807, 2.05) is 13.8 Å². The average Bonchev–Trinajstić information content (AvgIpc) is 2.73. The summed E-state index contributed by atoms with van der Waals surface area (Å²) in [6.45, 7) is 8.35. The first-order chi connectivity index (χ1) is 14.4. The van der Waals surface area contributed by atoms with Crippen LogP contribution in [0.5, 0.6) is 0 Å².